The summed E-state index contributed by atoms with van der Waals surface area (Å²) < 4.78 is 0. The Hall–Kier alpha value is -1.93. The predicted octanol–water partition coefficient (Wildman–Crippen LogP) is 3.33. The second kappa shape index (κ2) is 6.12. The van der Waals surface area contributed by atoms with E-state index in [4.69, 9.17) is 5.73 Å². The van der Waals surface area contributed by atoms with Gasteiger partial charge in [0.1, 0.15) is 0 Å². The maximum Gasteiger partial charge on any atom is 0.0673 e. The maximum absolute atomic E-state index is 6.20. The molecule has 2 N–H and O–H groups in total. The molecular formula is C16H18N2. The summed E-state index contributed by atoms with van der Waals surface area (Å²) in [6, 6.07) is 9.91. The minimum atomic E-state index is -0.0874. The Labute approximate surface area is 108 Å². The number of allylic oxidation sites excluding steroid dienone is 3. The van der Waals surface area contributed by atoms with E-state index in [0.717, 1.165) is 24.1 Å². The molecule has 1 aromatic carbocycles. The van der Waals surface area contributed by atoms with Crippen LogP contribution in [-0.2, 0) is 0 Å². The van der Waals surface area contributed by atoms with Crippen LogP contribution in [-0.4, -0.2) is 12.8 Å². The molecule has 0 bridgehead atoms. The van der Waals surface area contributed by atoms with Crippen molar-refractivity contribution >= 4 is 12.4 Å². The first-order valence-corrected chi connectivity index (χ1v) is 6.16. The van der Waals surface area contributed by atoms with Crippen LogP contribution in [0.5, 0.6) is 0 Å². The SMILES string of the molecule is C=N/C(=C\C(N)C1=CC=CCC1)c1ccccc1. The first-order valence-electron chi connectivity index (χ1n) is 6.16. The van der Waals surface area contributed by atoms with Crippen molar-refractivity contribution in [2.75, 3.05) is 0 Å². The van der Waals surface area contributed by atoms with Gasteiger partial charge in [0.05, 0.1) is 5.70 Å². The molecule has 0 aromatic heterocycles. The van der Waals surface area contributed by atoms with E-state index >= 15 is 0 Å². The molecule has 0 heterocycles. The molecule has 2 rings (SSSR count). The molecule has 1 aliphatic rings. The Balaban J connectivity index is 2.22. The molecule has 0 radical (unpaired) electrons. The minimum Gasteiger partial charge on any atom is -0.321 e. The number of nitrogens with zero attached hydrogens (tertiary/aromatic N) is 1. The Morgan fingerprint density at radius 3 is 2.72 bits per heavy atom. The summed E-state index contributed by atoms with van der Waals surface area (Å²) in [6.07, 6.45) is 10.4. The van der Waals surface area contributed by atoms with Crippen LogP contribution in [0.15, 0.2) is 65.2 Å². The van der Waals surface area contributed by atoms with E-state index in [2.05, 4.69) is 29.9 Å². The Morgan fingerprint density at radius 2 is 2.11 bits per heavy atom. The summed E-state index contributed by atoms with van der Waals surface area (Å²) in [5, 5.41) is 0. The highest BCUT2D eigenvalue weighted by Crippen LogP contribution is 2.20. The van der Waals surface area contributed by atoms with Crippen LogP contribution in [0.4, 0.5) is 0 Å². The van der Waals surface area contributed by atoms with Crippen molar-refractivity contribution < 1.29 is 0 Å². The van der Waals surface area contributed by atoms with E-state index in [9.17, 15) is 0 Å². The van der Waals surface area contributed by atoms with Gasteiger partial charge >= 0.3 is 0 Å². The van der Waals surface area contributed by atoms with E-state index in [1.54, 1.807) is 0 Å². The molecule has 1 unspecified atom stereocenters. The zero-order valence-electron chi connectivity index (χ0n) is 10.4. The molecule has 1 aromatic rings. The highest BCUT2D eigenvalue weighted by atomic mass is 14.7. The van der Waals surface area contributed by atoms with Gasteiger partial charge in [-0.1, -0.05) is 48.6 Å². The zero-order chi connectivity index (χ0) is 12.8. The lowest BCUT2D eigenvalue weighted by Gasteiger charge is -2.15. The molecule has 0 fully saturated rings. The van der Waals surface area contributed by atoms with E-state index < -0.39 is 0 Å². The highest BCUT2D eigenvalue weighted by Gasteiger charge is 2.09. The van der Waals surface area contributed by atoms with Gasteiger partial charge in [-0.25, -0.2) is 0 Å². The zero-order valence-corrected chi connectivity index (χ0v) is 10.4. The Kier molecular flexibility index (Phi) is 4.26. The molecule has 18 heavy (non-hydrogen) atoms. The summed E-state index contributed by atoms with van der Waals surface area (Å²) in [4.78, 5) is 4.08. The van der Waals surface area contributed by atoms with Crippen molar-refractivity contribution in [3.05, 3.63) is 65.8 Å². The van der Waals surface area contributed by atoms with Crippen LogP contribution in [0.1, 0.15) is 18.4 Å². The third-order valence-electron chi connectivity index (χ3n) is 3.05. The Bertz CT molecular complexity index is 495. The largest absolute Gasteiger partial charge is 0.321 e. The van der Waals surface area contributed by atoms with Crippen LogP contribution in [0, 0.1) is 0 Å². The van der Waals surface area contributed by atoms with Crippen molar-refractivity contribution in [2.24, 2.45) is 10.7 Å². The van der Waals surface area contributed by atoms with Gasteiger partial charge in [0, 0.05) is 6.04 Å². The first kappa shape index (κ1) is 12.5. The number of hydrogen-bond donors (Lipinski definition) is 1. The van der Waals surface area contributed by atoms with Gasteiger partial charge in [0.25, 0.3) is 0 Å². The van der Waals surface area contributed by atoms with Crippen LogP contribution >= 0.6 is 0 Å². The van der Waals surface area contributed by atoms with Gasteiger partial charge in [-0.15, -0.1) is 0 Å². The number of benzene rings is 1. The standard InChI is InChI=1S/C16H18N2/c1-18-16(14-10-6-3-7-11-14)12-15(17)13-8-4-2-5-9-13/h2-4,6-8,10-12,15H,1,5,9,17H2/b16-12-. The number of aliphatic imine (C=N–C) groups is 1. The molecule has 2 nitrogen and oxygen atoms in total. The van der Waals surface area contributed by atoms with Crippen LogP contribution < -0.4 is 5.73 Å². The van der Waals surface area contributed by atoms with Crippen molar-refractivity contribution in [2.45, 2.75) is 18.9 Å². The molecule has 1 aliphatic carbocycles. The van der Waals surface area contributed by atoms with Crippen molar-refractivity contribution in [1.29, 1.82) is 0 Å². The van der Waals surface area contributed by atoms with Gasteiger partial charge in [-0.05, 0) is 36.8 Å². The molecule has 92 valence electrons. The topological polar surface area (TPSA) is 38.4 Å². The summed E-state index contributed by atoms with van der Waals surface area (Å²) in [7, 11) is 0. The van der Waals surface area contributed by atoms with Gasteiger partial charge in [0.2, 0.25) is 0 Å². The molecule has 0 aliphatic heterocycles. The van der Waals surface area contributed by atoms with Crippen LogP contribution in [0.25, 0.3) is 5.70 Å². The fourth-order valence-corrected chi connectivity index (χ4v) is 2.03. The third kappa shape index (κ3) is 3.05. The van der Waals surface area contributed by atoms with E-state index in [1.807, 2.05) is 36.4 Å². The smallest absolute Gasteiger partial charge is 0.0673 e. The average Bonchev–Trinajstić information content (AvgIpc) is 2.46. The van der Waals surface area contributed by atoms with E-state index in [0.29, 0.717) is 0 Å². The number of nitrogens with two attached hydrogens (primary N) is 1. The van der Waals surface area contributed by atoms with Crippen molar-refractivity contribution in [3.63, 3.8) is 0 Å². The summed E-state index contributed by atoms with van der Waals surface area (Å²) in [5.74, 6) is 0. The molecule has 0 saturated carbocycles. The van der Waals surface area contributed by atoms with Gasteiger partial charge in [-0.3, -0.25) is 4.99 Å². The fourth-order valence-electron chi connectivity index (χ4n) is 2.03. The van der Waals surface area contributed by atoms with Gasteiger partial charge in [-0.2, -0.15) is 0 Å². The van der Waals surface area contributed by atoms with Gasteiger partial charge < -0.3 is 5.73 Å². The van der Waals surface area contributed by atoms with E-state index in [1.165, 1.54) is 5.57 Å². The maximum atomic E-state index is 6.20. The monoisotopic (exact) mass is 238 g/mol. The average molecular weight is 238 g/mol. The van der Waals surface area contributed by atoms with Gasteiger partial charge in [0.15, 0.2) is 0 Å². The summed E-state index contributed by atoms with van der Waals surface area (Å²) in [6.45, 7) is 3.63. The molecule has 0 spiro atoms. The quantitative estimate of drug-likeness (QED) is 0.803. The lowest BCUT2D eigenvalue weighted by molar-refractivity contribution is 0.834. The highest BCUT2D eigenvalue weighted by molar-refractivity contribution is 5.68. The summed E-state index contributed by atoms with van der Waals surface area (Å²) >= 11 is 0. The molecule has 2 heteroatoms. The van der Waals surface area contributed by atoms with Crippen molar-refractivity contribution in [3.8, 4) is 0 Å². The van der Waals surface area contributed by atoms with Crippen LogP contribution in [0.2, 0.25) is 0 Å². The number of hydrogen-bond acceptors (Lipinski definition) is 2. The second-order valence-corrected chi connectivity index (χ2v) is 4.31. The Morgan fingerprint density at radius 1 is 1.33 bits per heavy atom. The molecule has 1 atom stereocenters. The van der Waals surface area contributed by atoms with E-state index in [-0.39, 0.29) is 6.04 Å². The molecular weight excluding hydrogens is 220 g/mol. The molecule has 0 saturated heterocycles. The number of rotatable bonds is 4. The second-order valence-electron chi connectivity index (χ2n) is 4.31. The normalized spacial score (nSPS) is 17.2. The minimum absolute atomic E-state index is 0.0874. The lowest BCUT2D eigenvalue weighted by atomic mass is 9.97. The fraction of sp³-hybridized carbons (Fsp3) is 0.188. The van der Waals surface area contributed by atoms with Crippen molar-refractivity contribution in [1.82, 2.24) is 0 Å². The first-order chi connectivity index (χ1) is 8.81. The lowest BCUT2D eigenvalue weighted by Crippen LogP contribution is -2.21. The van der Waals surface area contributed by atoms with Crippen LogP contribution in [0.3, 0.4) is 0 Å². The molecule has 0 amide bonds. The third-order valence-corrected chi connectivity index (χ3v) is 3.05. The predicted molar refractivity (Wildman–Crippen MR) is 78.4 cm³/mol. The summed E-state index contributed by atoms with van der Waals surface area (Å²) in [5.41, 5.74) is 9.34.